The normalized spacial score (nSPS) is 19.1. The van der Waals surface area contributed by atoms with Crippen molar-refractivity contribution in [2.75, 3.05) is 13.1 Å². The third kappa shape index (κ3) is 3.11. The minimum Gasteiger partial charge on any atom is -0.339 e. The zero-order chi connectivity index (χ0) is 14.0. The van der Waals surface area contributed by atoms with Crippen LogP contribution in [0.3, 0.4) is 0 Å². The van der Waals surface area contributed by atoms with Crippen molar-refractivity contribution in [3.63, 3.8) is 0 Å². The Morgan fingerprint density at radius 3 is 2.68 bits per heavy atom. The molecule has 0 saturated carbocycles. The first kappa shape index (κ1) is 14.0. The summed E-state index contributed by atoms with van der Waals surface area (Å²) in [4.78, 5) is 13.9. The monoisotopic (exact) mass is 267 g/mol. The number of carbonyl (C=O) groups is 1. The molecule has 2 rings (SSSR count). The van der Waals surface area contributed by atoms with E-state index >= 15 is 0 Å². The van der Waals surface area contributed by atoms with E-state index in [1.165, 1.54) is 12.1 Å². The number of hydrogen-bond donors (Lipinski definition) is 0. The average molecular weight is 267 g/mol. The molecular formula is C15H19F2NO. The van der Waals surface area contributed by atoms with Gasteiger partial charge in [-0.15, -0.1) is 0 Å². The van der Waals surface area contributed by atoms with Gasteiger partial charge < -0.3 is 4.90 Å². The predicted octanol–water partition coefficient (Wildman–Crippen LogP) is 3.62. The summed E-state index contributed by atoms with van der Waals surface area (Å²) in [6.07, 6.45) is 2.83. The molecule has 1 aliphatic rings. The van der Waals surface area contributed by atoms with Crippen LogP contribution in [-0.2, 0) is 0 Å². The second-order valence-corrected chi connectivity index (χ2v) is 5.91. The van der Waals surface area contributed by atoms with E-state index in [0.717, 1.165) is 25.3 Å². The molecule has 4 heteroatoms. The second-order valence-electron chi connectivity index (χ2n) is 5.91. The van der Waals surface area contributed by atoms with Gasteiger partial charge in [-0.2, -0.15) is 0 Å². The molecule has 0 aliphatic carbocycles. The molecule has 1 aromatic rings. The first-order valence-electron chi connectivity index (χ1n) is 6.64. The second kappa shape index (κ2) is 5.27. The van der Waals surface area contributed by atoms with Gasteiger partial charge in [0, 0.05) is 13.1 Å². The fraction of sp³-hybridized carbons (Fsp3) is 0.533. The summed E-state index contributed by atoms with van der Waals surface area (Å²) in [6, 6.07) is 3.74. The predicted molar refractivity (Wildman–Crippen MR) is 69.9 cm³/mol. The van der Waals surface area contributed by atoms with Crippen LogP contribution in [0.4, 0.5) is 8.78 Å². The Morgan fingerprint density at radius 1 is 1.21 bits per heavy atom. The highest BCUT2D eigenvalue weighted by molar-refractivity contribution is 5.94. The first-order valence-corrected chi connectivity index (χ1v) is 6.64. The van der Waals surface area contributed by atoms with E-state index in [9.17, 15) is 13.6 Å². The fourth-order valence-corrected chi connectivity index (χ4v) is 2.47. The van der Waals surface area contributed by atoms with E-state index in [0.29, 0.717) is 13.1 Å². The highest BCUT2D eigenvalue weighted by Gasteiger charge is 2.27. The van der Waals surface area contributed by atoms with Crippen LogP contribution in [0, 0.1) is 17.0 Å². The van der Waals surface area contributed by atoms with Gasteiger partial charge in [0.1, 0.15) is 0 Å². The van der Waals surface area contributed by atoms with Gasteiger partial charge in [-0.1, -0.05) is 19.9 Å². The van der Waals surface area contributed by atoms with E-state index < -0.39 is 17.5 Å². The van der Waals surface area contributed by atoms with Gasteiger partial charge in [0.2, 0.25) is 0 Å². The molecule has 0 aromatic heterocycles. The summed E-state index contributed by atoms with van der Waals surface area (Å²) < 4.78 is 26.8. The molecule has 19 heavy (non-hydrogen) atoms. The van der Waals surface area contributed by atoms with Gasteiger partial charge in [-0.3, -0.25) is 4.79 Å². The molecule has 0 radical (unpaired) electrons. The smallest absolute Gasteiger partial charge is 0.256 e. The topological polar surface area (TPSA) is 20.3 Å². The van der Waals surface area contributed by atoms with Crippen molar-refractivity contribution in [3.8, 4) is 0 Å². The van der Waals surface area contributed by atoms with Crippen LogP contribution in [-0.4, -0.2) is 23.9 Å². The number of hydrogen-bond acceptors (Lipinski definition) is 1. The summed E-state index contributed by atoms with van der Waals surface area (Å²) in [5.74, 6) is -2.42. The Labute approximate surface area is 112 Å². The van der Waals surface area contributed by atoms with Crippen LogP contribution in [0.25, 0.3) is 0 Å². The zero-order valence-corrected chi connectivity index (χ0v) is 11.4. The summed E-state index contributed by atoms with van der Waals surface area (Å²) in [7, 11) is 0. The maximum Gasteiger partial charge on any atom is 0.256 e. The fourth-order valence-electron chi connectivity index (χ4n) is 2.47. The molecule has 1 amide bonds. The molecule has 1 aliphatic heterocycles. The van der Waals surface area contributed by atoms with Crippen molar-refractivity contribution in [2.24, 2.45) is 5.41 Å². The van der Waals surface area contributed by atoms with Crippen LogP contribution in [0.5, 0.6) is 0 Å². The first-order chi connectivity index (χ1) is 8.91. The number of carbonyl (C=O) groups excluding carboxylic acids is 1. The Hall–Kier alpha value is -1.45. The van der Waals surface area contributed by atoms with Crippen LogP contribution < -0.4 is 0 Å². The number of benzene rings is 1. The van der Waals surface area contributed by atoms with Gasteiger partial charge in [0.25, 0.3) is 5.91 Å². The molecule has 0 unspecified atom stereocenters. The minimum absolute atomic E-state index is 0.167. The lowest BCUT2D eigenvalue weighted by molar-refractivity contribution is 0.0751. The molecule has 0 N–H and O–H groups in total. The molecule has 0 spiro atoms. The molecule has 1 heterocycles. The van der Waals surface area contributed by atoms with Crippen molar-refractivity contribution in [3.05, 3.63) is 35.4 Å². The highest BCUT2D eigenvalue weighted by Crippen LogP contribution is 2.30. The van der Waals surface area contributed by atoms with E-state index in [1.807, 2.05) is 0 Å². The van der Waals surface area contributed by atoms with Crippen LogP contribution in [0.1, 0.15) is 43.5 Å². The van der Waals surface area contributed by atoms with Gasteiger partial charge in [-0.25, -0.2) is 8.78 Å². The van der Waals surface area contributed by atoms with E-state index in [1.54, 1.807) is 4.90 Å². The minimum atomic E-state index is -1.05. The number of halogens is 2. The number of nitrogens with zero attached hydrogens (tertiary/aromatic N) is 1. The Kier molecular flexibility index (Phi) is 3.88. The lowest BCUT2D eigenvalue weighted by Crippen LogP contribution is -2.33. The van der Waals surface area contributed by atoms with Crippen molar-refractivity contribution >= 4 is 5.91 Å². The lowest BCUT2D eigenvalue weighted by atomic mass is 9.85. The number of amides is 1. The van der Waals surface area contributed by atoms with Crippen molar-refractivity contribution < 1.29 is 13.6 Å². The van der Waals surface area contributed by atoms with E-state index in [2.05, 4.69) is 13.8 Å². The number of likely N-dealkylation sites (tertiary alicyclic amines) is 1. The van der Waals surface area contributed by atoms with Gasteiger partial charge in [-0.05, 0) is 36.8 Å². The largest absolute Gasteiger partial charge is 0.339 e. The van der Waals surface area contributed by atoms with Crippen LogP contribution in [0.2, 0.25) is 0 Å². The summed E-state index contributed by atoms with van der Waals surface area (Å²) in [5, 5.41) is 0. The molecule has 1 fully saturated rings. The van der Waals surface area contributed by atoms with Gasteiger partial charge in [0.15, 0.2) is 11.6 Å². The molecule has 0 atom stereocenters. The SMILES string of the molecule is CC1(C)CCCN(C(=O)c2cccc(F)c2F)CC1. The molecular weight excluding hydrogens is 248 g/mol. The molecule has 104 valence electrons. The van der Waals surface area contributed by atoms with E-state index in [4.69, 9.17) is 0 Å². The Balaban J connectivity index is 2.18. The maximum atomic E-state index is 13.6. The third-order valence-electron chi connectivity index (χ3n) is 3.81. The van der Waals surface area contributed by atoms with Crippen LogP contribution in [0.15, 0.2) is 18.2 Å². The quantitative estimate of drug-likeness (QED) is 0.761. The van der Waals surface area contributed by atoms with Crippen LogP contribution >= 0.6 is 0 Å². The third-order valence-corrected chi connectivity index (χ3v) is 3.81. The Bertz CT molecular complexity index is 485. The Morgan fingerprint density at radius 2 is 1.95 bits per heavy atom. The summed E-state index contributed by atoms with van der Waals surface area (Å²) in [5.41, 5.74) is 0.0369. The highest BCUT2D eigenvalue weighted by atomic mass is 19.2. The maximum absolute atomic E-state index is 13.6. The lowest BCUT2D eigenvalue weighted by Gasteiger charge is -2.23. The average Bonchev–Trinajstić information content (AvgIpc) is 2.53. The molecule has 1 aromatic carbocycles. The van der Waals surface area contributed by atoms with Gasteiger partial charge in [0.05, 0.1) is 5.56 Å². The van der Waals surface area contributed by atoms with E-state index in [-0.39, 0.29) is 11.0 Å². The zero-order valence-electron chi connectivity index (χ0n) is 11.4. The molecule has 2 nitrogen and oxygen atoms in total. The molecule has 1 saturated heterocycles. The summed E-state index contributed by atoms with van der Waals surface area (Å²) >= 11 is 0. The van der Waals surface area contributed by atoms with Crippen molar-refractivity contribution in [1.82, 2.24) is 4.90 Å². The molecule has 0 bridgehead atoms. The van der Waals surface area contributed by atoms with Gasteiger partial charge >= 0.3 is 0 Å². The number of rotatable bonds is 1. The van der Waals surface area contributed by atoms with Crippen molar-refractivity contribution in [1.29, 1.82) is 0 Å². The summed E-state index contributed by atoms with van der Waals surface area (Å²) in [6.45, 7) is 5.55. The van der Waals surface area contributed by atoms with Crippen molar-refractivity contribution in [2.45, 2.75) is 33.1 Å². The standard InChI is InChI=1S/C15H19F2NO/c1-15(2)7-4-9-18(10-8-15)14(19)11-5-3-6-12(16)13(11)17/h3,5-6H,4,7-10H2,1-2H3.